The number of amides is 1. The van der Waals surface area contributed by atoms with Crippen LogP contribution in [-0.4, -0.2) is 31.5 Å². The van der Waals surface area contributed by atoms with Gasteiger partial charge in [0.15, 0.2) is 0 Å². The number of benzene rings is 2. The zero-order valence-electron chi connectivity index (χ0n) is 17.1. The Bertz CT molecular complexity index is 1290. The summed E-state index contributed by atoms with van der Waals surface area (Å²) in [6.45, 7) is 0. The Kier molecular flexibility index (Phi) is 5.59. The van der Waals surface area contributed by atoms with Crippen molar-refractivity contribution in [3.8, 4) is 11.3 Å². The summed E-state index contributed by atoms with van der Waals surface area (Å²) in [5, 5.41) is 11.5. The number of rotatable bonds is 7. The summed E-state index contributed by atoms with van der Waals surface area (Å²) in [6.07, 6.45) is 5.90. The van der Waals surface area contributed by atoms with Gasteiger partial charge in [-0.15, -0.1) is 5.10 Å². The average Bonchev–Trinajstić information content (AvgIpc) is 3.39. The van der Waals surface area contributed by atoms with Crippen molar-refractivity contribution in [2.75, 3.05) is 10.6 Å². The van der Waals surface area contributed by atoms with E-state index in [0.29, 0.717) is 11.6 Å². The number of hydrogen-bond donors (Lipinski definition) is 2. The van der Waals surface area contributed by atoms with E-state index in [4.69, 9.17) is 0 Å². The lowest BCUT2D eigenvalue weighted by atomic mass is 10.1. The van der Waals surface area contributed by atoms with Crippen molar-refractivity contribution >= 4 is 33.0 Å². The van der Waals surface area contributed by atoms with Crippen molar-refractivity contribution in [3.63, 3.8) is 0 Å². The number of hydrogen-bond acceptors (Lipinski definition) is 6. The molecule has 5 rings (SSSR count). The van der Waals surface area contributed by atoms with E-state index in [1.807, 2.05) is 79.0 Å². The van der Waals surface area contributed by atoms with Crippen molar-refractivity contribution in [2.45, 2.75) is 12.5 Å². The minimum Gasteiger partial charge on any atom is -0.348 e. The molecule has 1 atom stereocenters. The van der Waals surface area contributed by atoms with Gasteiger partial charge in [0.25, 0.3) is 0 Å². The highest BCUT2D eigenvalue weighted by Gasteiger charge is 2.21. The maximum atomic E-state index is 13.1. The molecule has 1 amide bonds. The van der Waals surface area contributed by atoms with Crippen LogP contribution in [0.4, 0.5) is 10.8 Å². The quantitative estimate of drug-likeness (QED) is 0.389. The largest absolute Gasteiger partial charge is 0.348 e. The van der Waals surface area contributed by atoms with Crippen LogP contribution in [0, 0.1) is 0 Å². The first-order valence-electron chi connectivity index (χ1n) is 10.2. The molecule has 32 heavy (non-hydrogen) atoms. The molecular formula is C24H20N6OS. The normalized spacial score (nSPS) is 11.9. The SMILES string of the molecule is O=C(Nc1ccccc1)[C@@H](Cc1ccccc1)Nc1nn2cc(-c3cccnc3)nc2s1. The summed E-state index contributed by atoms with van der Waals surface area (Å²) in [7, 11) is 0. The molecule has 0 aliphatic rings. The third-order valence-electron chi connectivity index (χ3n) is 4.94. The van der Waals surface area contributed by atoms with Gasteiger partial charge in [-0.2, -0.15) is 0 Å². The topological polar surface area (TPSA) is 84.2 Å². The third kappa shape index (κ3) is 4.50. The summed E-state index contributed by atoms with van der Waals surface area (Å²) in [6, 6.07) is 22.7. The third-order valence-corrected chi connectivity index (χ3v) is 5.79. The van der Waals surface area contributed by atoms with E-state index in [2.05, 4.69) is 25.7 Å². The molecule has 0 saturated carbocycles. The highest BCUT2D eigenvalue weighted by molar-refractivity contribution is 7.20. The Labute approximate surface area is 188 Å². The molecule has 0 radical (unpaired) electrons. The predicted octanol–water partition coefficient (Wildman–Crippen LogP) is 4.51. The van der Waals surface area contributed by atoms with Gasteiger partial charge < -0.3 is 10.6 Å². The molecule has 0 fully saturated rings. The van der Waals surface area contributed by atoms with Crippen LogP contribution in [-0.2, 0) is 11.2 Å². The molecule has 0 aliphatic carbocycles. The van der Waals surface area contributed by atoms with Crippen LogP contribution in [0.25, 0.3) is 16.2 Å². The Balaban J connectivity index is 1.38. The maximum absolute atomic E-state index is 13.1. The van der Waals surface area contributed by atoms with Crippen LogP contribution in [0.3, 0.4) is 0 Å². The molecule has 3 aromatic heterocycles. The summed E-state index contributed by atoms with van der Waals surface area (Å²) in [5.41, 5.74) is 3.57. The first-order chi connectivity index (χ1) is 15.7. The fourth-order valence-corrected chi connectivity index (χ4v) is 4.20. The first-order valence-corrected chi connectivity index (χ1v) is 11.0. The molecule has 2 aromatic carbocycles. The van der Waals surface area contributed by atoms with Gasteiger partial charge in [-0.25, -0.2) is 9.50 Å². The fourth-order valence-electron chi connectivity index (χ4n) is 3.37. The van der Waals surface area contributed by atoms with E-state index < -0.39 is 6.04 Å². The van der Waals surface area contributed by atoms with E-state index in [0.717, 1.165) is 27.5 Å². The Morgan fingerprint density at radius 1 is 1.00 bits per heavy atom. The minimum atomic E-state index is -0.494. The summed E-state index contributed by atoms with van der Waals surface area (Å²) < 4.78 is 1.73. The van der Waals surface area contributed by atoms with Gasteiger partial charge in [-0.3, -0.25) is 9.78 Å². The second kappa shape index (κ2) is 8.99. The van der Waals surface area contributed by atoms with Gasteiger partial charge in [0.05, 0.1) is 11.9 Å². The molecule has 5 aromatic rings. The van der Waals surface area contributed by atoms with Crippen LogP contribution in [0.5, 0.6) is 0 Å². The second-order valence-electron chi connectivity index (χ2n) is 7.24. The van der Waals surface area contributed by atoms with Gasteiger partial charge in [-0.1, -0.05) is 59.9 Å². The van der Waals surface area contributed by atoms with Crippen molar-refractivity contribution in [1.82, 2.24) is 19.6 Å². The predicted molar refractivity (Wildman–Crippen MR) is 127 cm³/mol. The Morgan fingerprint density at radius 3 is 2.50 bits per heavy atom. The molecule has 0 unspecified atom stereocenters. The minimum absolute atomic E-state index is 0.121. The van der Waals surface area contributed by atoms with Crippen LogP contribution in [0.1, 0.15) is 5.56 Å². The number of fused-ring (bicyclic) bond motifs is 1. The van der Waals surface area contributed by atoms with Crippen molar-refractivity contribution in [2.24, 2.45) is 0 Å². The van der Waals surface area contributed by atoms with Gasteiger partial charge in [0, 0.05) is 30.1 Å². The number of nitrogens with zero attached hydrogens (tertiary/aromatic N) is 4. The monoisotopic (exact) mass is 440 g/mol. The van der Waals surface area contributed by atoms with E-state index in [1.54, 1.807) is 16.9 Å². The van der Waals surface area contributed by atoms with E-state index in [1.165, 1.54) is 11.3 Å². The molecule has 7 nitrogen and oxygen atoms in total. The fraction of sp³-hybridized carbons (Fsp3) is 0.0833. The molecular weight excluding hydrogens is 420 g/mol. The highest BCUT2D eigenvalue weighted by atomic mass is 32.1. The molecule has 0 spiro atoms. The van der Waals surface area contributed by atoms with Crippen molar-refractivity contribution < 1.29 is 4.79 Å². The molecule has 0 bridgehead atoms. The number of pyridine rings is 1. The van der Waals surface area contributed by atoms with Crippen LogP contribution in [0.15, 0.2) is 91.4 Å². The number of imidazole rings is 1. The number of aromatic nitrogens is 4. The number of carbonyl (C=O) groups is 1. The first kappa shape index (κ1) is 19.9. The number of carbonyl (C=O) groups excluding carboxylic acids is 1. The second-order valence-corrected chi connectivity index (χ2v) is 8.20. The molecule has 3 heterocycles. The van der Waals surface area contributed by atoms with Crippen LogP contribution in [0.2, 0.25) is 0 Å². The maximum Gasteiger partial charge on any atom is 0.247 e. The van der Waals surface area contributed by atoms with Crippen LogP contribution < -0.4 is 10.6 Å². The number of para-hydroxylation sites is 1. The van der Waals surface area contributed by atoms with Gasteiger partial charge in [0.1, 0.15) is 6.04 Å². The van der Waals surface area contributed by atoms with E-state index >= 15 is 0 Å². The summed E-state index contributed by atoms with van der Waals surface area (Å²) in [4.78, 5) is 22.6. The lowest BCUT2D eigenvalue weighted by Crippen LogP contribution is -2.36. The lowest BCUT2D eigenvalue weighted by Gasteiger charge is -2.18. The molecule has 0 saturated heterocycles. The highest BCUT2D eigenvalue weighted by Crippen LogP contribution is 2.25. The van der Waals surface area contributed by atoms with Gasteiger partial charge in [-0.05, 0) is 29.8 Å². The van der Waals surface area contributed by atoms with Gasteiger partial charge in [0.2, 0.25) is 16.0 Å². The van der Waals surface area contributed by atoms with Crippen molar-refractivity contribution in [3.05, 3.63) is 97.0 Å². The molecule has 2 N–H and O–H groups in total. The zero-order chi connectivity index (χ0) is 21.8. The lowest BCUT2D eigenvalue weighted by molar-refractivity contribution is -0.116. The van der Waals surface area contributed by atoms with Crippen molar-refractivity contribution in [1.29, 1.82) is 0 Å². The number of nitrogens with one attached hydrogen (secondary N) is 2. The van der Waals surface area contributed by atoms with Crippen LogP contribution >= 0.6 is 11.3 Å². The van der Waals surface area contributed by atoms with Gasteiger partial charge >= 0.3 is 0 Å². The summed E-state index contributed by atoms with van der Waals surface area (Å²) >= 11 is 1.40. The standard InChI is InChI=1S/C24H20N6OS/c31-22(26-19-11-5-2-6-12-19)20(14-17-8-3-1-4-9-17)27-23-29-30-16-21(28-24(30)32-23)18-10-7-13-25-15-18/h1-13,15-16,20H,14H2,(H,26,31)(H,27,29)/t20-/m1/s1. The molecule has 8 heteroatoms. The Morgan fingerprint density at radius 2 is 1.78 bits per heavy atom. The zero-order valence-corrected chi connectivity index (χ0v) is 17.9. The summed E-state index contributed by atoms with van der Waals surface area (Å²) in [5.74, 6) is -0.121. The average molecular weight is 441 g/mol. The van der Waals surface area contributed by atoms with E-state index in [-0.39, 0.29) is 5.91 Å². The van der Waals surface area contributed by atoms with E-state index in [9.17, 15) is 4.79 Å². The Hall–Kier alpha value is -4.04. The number of anilines is 2. The molecule has 0 aliphatic heterocycles. The smallest absolute Gasteiger partial charge is 0.247 e. The molecule has 158 valence electrons.